The monoisotopic (exact) mass is 280 g/mol. The molecule has 4 nitrogen and oxygen atoms in total. The lowest BCUT2D eigenvalue weighted by atomic mass is 10.2. The fourth-order valence-corrected chi connectivity index (χ4v) is 3.04. The third kappa shape index (κ3) is 3.64. The zero-order valence-corrected chi connectivity index (χ0v) is 11.9. The number of hydrogen-bond acceptors (Lipinski definition) is 3. The Morgan fingerprint density at radius 2 is 2.42 bits per heavy atom. The van der Waals surface area contributed by atoms with Gasteiger partial charge < -0.3 is 15.3 Å². The second-order valence-corrected chi connectivity index (χ2v) is 5.90. The maximum atomic E-state index is 12.2. The summed E-state index contributed by atoms with van der Waals surface area (Å²) in [6.45, 7) is 2.87. The lowest BCUT2D eigenvalue weighted by Gasteiger charge is -2.23. The van der Waals surface area contributed by atoms with Crippen LogP contribution in [0.3, 0.4) is 0 Å². The summed E-state index contributed by atoms with van der Waals surface area (Å²) in [6.07, 6.45) is 1.85. The zero-order chi connectivity index (χ0) is 13.7. The first-order valence-corrected chi connectivity index (χ1v) is 7.64. The maximum absolute atomic E-state index is 12.2. The third-order valence-electron chi connectivity index (χ3n) is 3.25. The number of rotatable bonds is 4. The van der Waals surface area contributed by atoms with Crippen molar-refractivity contribution in [2.45, 2.75) is 30.7 Å². The van der Waals surface area contributed by atoms with Crippen molar-refractivity contribution in [2.24, 2.45) is 0 Å². The van der Waals surface area contributed by atoms with Crippen LogP contribution in [0.25, 0.3) is 0 Å². The fraction of sp³-hybridized carbons (Fsp3) is 0.500. The predicted octanol–water partition coefficient (Wildman–Crippen LogP) is 2.79. The Morgan fingerprint density at radius 3 is 3.16 bits per heavy atom. The van der Waals surface area contributed by atoms with Crippen LogP contribution in [-0.2, 0) is 0 Å². The van der Waals surface area contributed by atoms with E-state index in [-0.39, 0.29) is 18.7 Å². The molecule has 2 rings (SSSR count). The molecule has 1 aromatic carbocycles. The number of nitrogens with zero attached hydrogens (tertiary/aromatic N) is 1. The standard InChI is InChI=1S/C14H20N2O2S/c1-2-19-13-7-3-5-11(9-13)15-14(18)16-8-4-6-12(16)10-17/h3,5,7,9,12,17H,2,4,6,8,10H2,1H3,(H,15,18)/t12-/m1/s1. The Kier molecular flexibility index (Phi) is 5.10. The van der Waals surface area contributed by atoms with Crippen molar-refractivity contribution in [3.05, 3.63) is 24.3 Å². The summed E-state index contributed by atoms with van der Waals surface area (Å²) in [5.41, 5.74) is 0.812. The van der Waals surface area contributed by atoms with Crippen LogP contribution in [-0.4, -0.2) is 41.0 Å². The number of thioether (sulfide) groups is 1. The highest BCUT2D eigenvalue weighted by Gasteiger charge is 2.27. The SMILES string of the molecule is CCSc1cccc(NC(=O)N2CCC[C@@H]2CO)c1. The molecule has 19 heavy (non-hydrogen) atoms. The van der Waals surface area contributed by atoms with Gasteiger partial charge in [0.1, 0.15) is 0 Å². The Morgan fingerprint density at radius 1 is 1.58 bits per heavy atom. The van der Waals surface area contributed by atoms with E-state index < -0.39 is 0 Å². The van der Waals surface area contributed by atoms with E-state index in [9.17, 15) is 9.90 Å². The first kappa shape index (κ1) is 14.2. The van der Waals surface area contributed by atoms with Crippen LogP contribution in [0.1, 0.15) is 19.8 Å². The van der Waals surface area contributed by atoms with Crippen LogP contribution in [0.4, 0.5) is 10.5 Å². The molecule has 1 fully saturated rings. The van der Waals surface area contributed by atoms with Gasteiger partial charge in [-0.3, -0.25) is 0 Å². The molecule has 0 radical (unpaired) electrons. The van der Waals surface area contributed by atoms with Gasteiger partial charge in [0.2, 0.25) is 0 Å². The number of anilines is 1. The van der Waals surface area contributed by atoms with Crippen LogP contribution in [0.5, 0.6) is 0 Å². The van der Waals surface area contributed by atoms with Gasteiger partial charge in [-0.1, -0.05) is 13.0 Å². The number of urea groups is 1. The molecule has 1 atom stereocenters. The summed E-state index contributed by atoms with van der Waals surface area (Å²) in [6, 6.07) is 7.71. The van der Waals surface area contributed by atoms with Crippen molar-refractivity contribution in [1.29, 1.82) is 0 Å². The van der Waals surface area contributed by atoms with Gasteiger partial charge >= 0.3 is 6.03 Å². The van der Waals surface area contributed by atoms with E-state index in [1.165, 1.54) is 0 Å². The average Bonchev–Trinajstić information content (AvgIpc) is 2.88. The van der Waals surface area contributed by atoms with Gasteiger partial charge in [0.25, 0.3) is 0 Å². The third-order valence-corrected chi connectivity index (χ3v) is 4.12. The van der Waals surface area contributed by atoms with E-state index in [1.807, 2.05) is 24.3 Å². The van der Waals surface area contributed by atoms with Crippen molar-refractivity contribution in [1.82, 2.24) is 4.90 Å². The van der Waals surface area contributed by atoms with E-state index in [4.69, 9.17) is 0 Å². The molecule has 2 amide bonds. The molecule has 0 saturated carbocycles. The molecule has 0 aliphatic carbocycles. The minimum Gasteiger partial charge on any atom is -0.394 e. The average molecular weight is 280 g/mol. The molecule has 0 bridgehead atoms. The minimum absolute atomic E-state index is 0.0341. The van der Waals surface area contributed by atoms with Gasteiger partial charge in [0, 0.05) is 17.1 Å². The van der Waals surface area contributed by atoms with Gasteiger partial charge in [-0.05, 0) is 36.8 Å². The summed E-state index contributed by atoms with van der Waals surface area (Å²) in [5, 5.41) is 12.2. The van der Waals surface area contributed by atoms with Crippen molar-refractivity contribution in [3.63, 3.8) is 0 Å². The van der Waals surface area contributed by atoms with Crippen molar-refractivity contribution in [2.75, 3.05) is 24.2 Å². The molecule has 0 aromatic heterocycles. The van der Waals surface area contributed by atoms with Crippen molar-refractivity contribution >= 4 is 23.5 Å². The minimum atomic E-state index is -0.116. The molecule has 1 aromatic rings. The first-order chi connectivity index (χ1) is 9.24. The topological polar surface area (TPSA) is 52.6 Å². The Bertz CT molecular complexity index is 439. The number of aliphatic hydroxyl groups is 1. The Hall–Kier alpha value is -1.20. The lowest BCUT2D eigenvalue weighted by molar-refractivity contribution is 0.166. The molecule has 0 spiro atoms. The van der Waals surface area contributed by atoms with Crippen LogP contribution in [0.15, 0.2) is 29.2 Å². The lowest BCUT2D eigenvalue weighted by Crippen LogP contribution is -2.40. The van der Waals surface area contributed by atoms with Gasteiger partial charge in [0.15, 0.2) is 0 Å². The number of benzene rings is 1. The fourth-order valence-electron chi connectivity index (χ4n) is 2.32. The predicted molar refractivity (Wildman–Crippen MR) is 78.7 cm³/mol. The van der Waals surface area contributed by atoms with E-state index in [1.54, 1.807) is 16.7 Å². The van der Waals surface area contributed by atoms with E-state index in [0.717, 1.165) is 35.7 Å². The summed E-state index contributed by atoms with van der Waals surface area (Å²) in [7, 11) is 0. The number of aliphatic hydroxyl groups excluding tert-OH is 1. The first-order valence-electron chi connectivity index (χ1n) is 6.66. The van der Waals surface area contributed by atoms with Crippen molar-refractivity contribution in [3.8, 4) is 0 Å². The van der Waals surface area contributed by atoms with Crippen LogP contribution in [0, 0.1) is 0 Å². The quantitative estimate of drug-likeness (QED) is 0.834. The molecule has 5 heteroatoms. The molecule has 1 aliphatic rings. The molecule has 0 unspecified atom stereocenters. The second-order valence-electron chi connectivity index (χ2n) is 4.56. The highest BCUT2D eigenvalue weighted by atomic mass is 32.2. The van der Waals surface area contributed by atoms with Gasteiger partial charge in [-0.15, -0.1) is 11.8 Å². The Balaban J connectivity index is 2.00. The molecule has 1 heterocycles. The number of nitrogens with one attached hydrogen (secondary N) is 1. The van der Waals surface area contributed by atoms with Crippen LogP contribution in [0.2, 0.25) is 0 Å². The van der Waals surface area contributed by atoms with Crippen LogP contribution >= 0.6 is 11.8 Å². The van der Waals surface area contributed by atoms with E-state index in [2.05, 4.69) is 12.2 Å². The highest BCUT2D eigenvalue weighted by Crippen LogP contribution is 2.23. The van der Waals surface area contributed by atoms with Gasteiger partial charge in [-0.25, -0.2) is 4.79 Å². The smallest absolute Gasteiger partial charge is 0.322 e. The van der Waals surface area contributed by atoms with Crippen molar-refractivity contribution < 1.29 is 9.90 Å². The molecule has 1 aliphatic heterocycles. The number of carbonyl (C=O) groups is 1. The van der Waals surface area contributed by atoms with Gasteiger partial charge in [0.05, 0.1) is 12.6 Å². The number of carbonyl (C=O) groups excluding carboxylic acids is 1. The second kappa shape index (κ2) is 6.82. The Labute approximate surface area is 118 Å². The summed E-state index contributed by atoms with van der Waals surface area (Å²) < 4.78 is 0. The summed E-state index contributed by atoms with van der Waals surface area (Å²) in [5.74, 6) is 1.01. The van der Waals surface area contributed by atoms with Crippen LogP contribution < -0.4 is 5.32 Å². The number of likely N-dealkylation sites (tertiary alicyclic amines) is 1. The van der Waals surface area contributed by atoms with E-state index in [0.29, 0.717) is 0 Å². The largest absolute Gasteiger partial charge is 0.394 e. The molecule has 104 valence electrons. The highest BCUT2D eigenvalue weighted by molar-refractivity contribution is 7.99. The molecule has 2 N–H and O–H groups in total. The maximum Gasteiger partial charge on any atom is 0.322 e. The molecule has 1 saturated heterocycles. The number of hydrogen-bond donors (Lipinski definition) is 2. The molecular weight excluding hydrogens is 260 g/mol. The zero-order valence-electron chi connectivity index (χ0n) is 11.1. The number of amides is 2. The van der Waals surface area contributed by atoms with Gasteiger partial charge in [-0.2, -0.15) is 0 Å². The van der Waals surface area contributed by atoms with E-state index >= 15 is 0 Å². The summed E-state index contributed by atoms with van der Waals surface area (Å²) in [4.78, 5) is 15.0. The normalized spacial score (nSPS) is 18.6. The summed E-state index contributed by atoms with van der Waals surface area (Å²) >= 11 is 1.75. The molecular formula is C14H20N2O2S.